The van der Waals surface area contributed by atoms with Gasteiger partial charge in [-0.25, -0.2) is 0 Å². The van der Waals surface area contributed by atoms with E-state index in [2.05, 4.69) is 0 Å². The number of carbonyl (C=O) groups is 1. The average molecular weight is 176 g/mol. The van der Waals surface area contributed by atoms with Crippen molar-refractivity contribution in [3.63, 3.8) is 0 Å². The molecule has 0 aliphatic heterocycles. The Kier molecular flexibility index (Phi) is 1.83. The zero-order valence-corrected chi connectivity index (χ0v) is 7.58. The maximum atomic E-state index is 11.4. The van der Waals surface area contributed by atoms with Gasteiger partial charge in [-0.15, -0.1) is 0 Å². The number of ketones is 1. The number of aryl methyl sites for hydroxylation is 1. The van der Waals surface area contributed by atoms with Gasteiger partial charge >= 0.3 is 0 Å². The number of fused-ring (bicyclic) bond motifs is 1. The van der Waals surface area contributed by atoms with Crippen LogP contribution in [0.2, 0.25) is 0 Å². The third-order valence-electron chi connectivity index (χ3n) is 2.72. The molecule has 2 nitrogen and oxygen atoms in total. The van der Waals surface area contributed by atoms with E-state index in [0.29, 0.717) is 18.0 Å². The molecule has 1 aromatic carbocycles. The predicted molar refractivity (Wildman–Crippen MR) is 49.8 cm³/mol. The van der Waals surface area contributed by atoms with Crippen molar-refractivity contribution >= 4 is 5.78 Å². The molecule has 1 N–H and O–H groups in total. The molecule has 13 heavy (non-hydrogen) atoms. The largest absolute Gasteiger partial charge is 0.508 e. The number of rotatable bonds is 0. The highest BCUT2D eigenvalue weighted by Crippen LogP contribution is 2.30. The van der Waals surface area contributed by atoms with Crippen molar-refractivity contribution < 1.29 is 9.90 Å². The first kappa shape index (κ1) is 8.30. The Morgan fingerprint density at radius 2 is 2.15 bits per heavy atom. The van der Waals surface area contributed by atoms with E-state index in [1.54, 1.807) is 12.1 Å². The SMILES string of the molecule is CC1C(=O)CCc2cc(O)ccc21. The molecular formula is C11H12O2. The van der Waals surface area contributed by atoms with Gasteiger partial charge in [0.05, 0.1) is 0 Å². The molecule has 1 unspecified atom stereocenters. The Labute approximate surface area is 77.2 Å². The molecule has 2 heteroatoms. The van der Waals surface area contributed by atoms with Crippen LogP contribution in [0.5, 0.6) is 5.75 Å². The number of benzene rings is 1. The van der Waals surface area contributed by atoms with Crippen molar-refractivity contribution in [2.75, 3.05) is 0 Å². The summed E-state index contributed by atoms with van der Waals surface area (Å²) in [5, 5.41) is 9.26. The van der Waals surface area contributed by atoms with Crippen LogP contribution in [-0.2, 0) is 11.2 Å². The maximum absolute atomic E-state index is 11.4. The van der Waals surface area contributed by atoms with Crippen molar-refractivity contribution in [1.29, 1.82) is 0 Å². The summed E-state index contributed by atoms with van der Waals surface area (Å²) in [5.41, 5.74) is 2.20. The highest BCUT2D eigenvalue weighted by molar-refractivity contribution is 5.87. The van der Waals surface area contributed by atoms with Crippen LogP contribution >= 0.6 is 0 Å². The number of aromatic hydroxyl groups is 1. The fraction of sp³-hybridized carbons (Fsp3) is 0.364. The summed E-state index contributed by atoms with van der Waals surface area (Å²) >= 11 is 0. The zero-order chi connectivity index (χ0) is 9.42. The summed E-state index contributed by atoms with van der Waals surface area (Å²) in [7, 11) is 0. The smallest absolute Gasteiger partial charge is 0.140 e. The van der Waals surface area contributed by atoms with Gasteiger partial charge < -0.3 is 5.11 Å². The van der Waals surface area contributed by atoms with E-state index < -0.39 is 0 Å². The Morgan fingerprint density at radius 1 is 1.38 bits per heavy atom. The molecule has 1 atom stereocenters. The molecule has 0 bridgehead atoms. The minimum atomic E-state index is 0.00403. The molecule has 0 amide bonds. The molecule has 1 aromatic rings. The lowest BCUT2D eigenvalue weighted by molar-refractivity contribution is -0.120. The minimum Gasteiger partial charge on any atom is -0.508 e. The Morgan fingerprint density at radius 3 is 2.92 bits per heavy atom. The molecular weight excluding hydrogens is 164 g/mol. The number of Topliss-reactive ketones (excluding diaryl/α,β-unsaturated/α-hetero) is 1. The van der Waals surface area contributed by atoms with E-state index in [1.165, 1.54) is 0 Å². The molecule has 0 fully saturated rings. The second kappa shape index (κ2) is 2.87. The molecule has 1 aliphatic carbocycles. The average Bonchev–Trinajstić information content (AvgIpc) is 2.12. The summed E-state index contributed by atoms with van der Waals surface area (Å²) < 4.78 is 0. The van der Waals surface area contributed by atoms with E-state index in [1.807, 2.05) is 13.0 Å². The molecule has 0 radical (unpaired) electrons. The first-order valence-electron chi connectivity index (χ1n) is 4.53. The highest BCUT2D eigenvalue weighted by atomic mass is 16.3. The number of phenols is 1. The first-order chi connectivity index (χ1) is 6.18. The summed E-state index contributed by atoms with van der Waals surface area (Å²) in [6.45, 7) is 1.93. The number of carbonyl (C=O) groups excluding carboxylic acids is 1. The molecule has 0 aromatic heterocycles. The molecule has 68 valence electrons. The summed E-state index contributed by atoms with van der Waals surface area (Å²) in [5.74, 6) is 0.600. The minimum absolute atomic E-state index is 0.00403. The van der Waals surface area contributed by atoms with Crippen molar-refractivity contribution in [1.82, 2.24) is 0 Å². The third kappa shape index (κ3) is 1.32. The molecule has 1 aliphatic rings. The Bertz CT molecular complexity index is 355. The van der Waals surface area contributed by atoms with Gasteiger partial charge in [0.2, 0.25) is 0 Å². The van der Waals surface area contributed by atoms with Crippen LogP contribution in [0, 0.1) is 0 Å². The van der Waals surface area contributed by atoms with E-state index >= 15 is 0 Å². The van der Waals surface area contributed by atoms with E-state index in [0.717, 1.165) is 17.5 Å². The number of hydrogen-bond donors (Lipinski definition) is 1. The Balaban J connectivity index is 2.49. The van der Waals surface area contributed by atoms with E-state index in [9.17, 15) is 9.90 Å². The van der Waals surface area contributed by atoms with Gasteiger partial charge in [-0.05, 0) is 29.7 Å². The monoisotopic (exact) mass is 176 g/mol. The lowest BCUT2D eigenvalue weighted by atomic mass is 9.83. The highest BCUT2D eigenvalue weighted by Gasteiger charge is 2.23. The van der Waals surface area contributed by atoms with Crippen LogP contribution in [0.25, 0.3) is 0 Å². The standard InChI is InChI=1S/C11H12O2/c1-7-10-4-3-9(12)6-8(10)2-5-11(7)13/h3-4,6-7,12H,2,5H2,1H3. The quantitative estimate of drug-likeness (QED) is 0.656. The molecule has 0 spiro atoms. The van der Waals surface area contributed by atoms with Gasteiger partial charge in [0, 0.05) is 12.3 Å². The normalized spacial score (nSPS) is 21.3. The summed E-state index contributed by atoms with van der Waals surface area (Å²) in [6, 6.07) is 5.26. The number of hydrogen-bond acceptors (Lipinski definition) is 2. The van der Waals surface area contributed by atoms with Gasteiger partial charge in [-0.3, -0.25) is 4.79 Å². The van der Waals surface area contributed by atoms with Crippen molar-refractivity contribution in [2.24, 2.45) is 0 Å². The van der Waals surface area contributed by atoms with E-state index in [4.69, 9.17) is 0 Å². The van der Waals surface area contributed by atoms with Crippen molar-refractivity contribution in [2.45, 2.75) is 25.7 Å². The lowest BCUT2D eigenvalue weighted by Gasteiger charge is -2.20. The van der Waals surface area contributed by atoms with Crippen LogP contribution in [0.15, 0.2) is 18.2 Å². The van der Waals surface area contributed by atoms with Crippen LogP contribution in [0.3, 0.4) is 0 Å². The van der Waals surface area contributed by atoms with Gasteiger partial charge in [-0.2, -0.15) is 0 Å². The van der Waals surface area contributed by atoms with Gasteiger partial charge in [0.25, 0.3) is 0 Å². The van der Waals surface area contributed by atoms with Crippen molar-refractivity contribution in [3.05, 3.63) is 29.3 Å². The van der Waals surface area contributed by atoms with Crippen LogP contribution in [0.1, 0.15) is 30.4 Å². The summed E-state index contributed by atoms with van der Waals surface area (Å²) in [4.78, 5) is 11.4. The number of phenolic OH excluding ortho intramolecular Hbond substituents is 1. The summed E-state index contributed by atoms with van der Waals surface area (Å²) in [6.07, 6.45) is 1.38. The molecule has 0 heterocycles. The first-order valence-corrected chi connectivity index (χ1v) is 4.53. The fourth-order valence-electron chi connectivity index (χ4n) is 1.88. The predicted octanol–water partition coefficient (Wildman–Crippen LogP) is 2.01. The second-order valence-electron chi connectivity index (χ2n) is 3.57. The second-order valence-corrected chi connectivity index (χ2v) is 3.57. The third-order valence-corrected chi connectivity index (χ3v) is 2.72. The fourth-order valence-corrected chi connectivity index (χ4v) is 1.88. The van der Waals surface area contributed by atoms with Crippen molar-refractivity contribution in [3.8, 4) is 5.75 Å². The van der Waals surface area contributed by atoms with Crippen LogP contribution < -0.4 is 0 Å². The van der Waals surface area contributed by atoms with Crippen LogP contribution in [0.4, 0.5) is 0 Å². The topological polar surface area (TPSA) is 37.3 Å². The zero-order valence-electron chi connectivity index (χ0n) is 7.58. The Hall–Kier alpha value is -1.31. The molecule has 0 saturated heterocycles. The van der Waals surface area contributed by atoms with E-state index in [-0.39, 0.29) is 5.92 Å². The maximum Gasteiger partial charge on any atom is 0.140 e. The van der Waals surface area contributed by atoms with Gasteiger partial charge in [-0.1, -0.05) is 13.0 Å². The molecule has 2 rings (SSSR count). The van der Waals surface area contributed by atoms with Gasteiger partial charge in [0.1, 0.15) is 11.5 Å². The lowest BCUT2D eigenvalue weighted by Crippen LogP contribution is -2.17. The van der Waals surface area contributed by atoms with Gasteiger partial charge in [0.15, 0.2) is 0 Å². The molecule has 0 saturated carbocycles. The van der Waals surface area contributed by atoms with Crippen LogP contribution in [-0.4, -0.2) is 10.9 Å².